The number of benzene rings is 1. The predicted molar refractivity (Wildman–Crippen MR) is 72.3 cm³/mol. The number of aliphatic hydroxyl groups is 1. The Morgan fingerprint density at radius 2 is 1.72 bits per heavy atom. The van der Waals surface area contributed by atoms with Crippen LogP contribution in [-0.4, -0.2) is 32.0 Å². The number of rotatable bonds is 7. The fourth-order valence-corrected chi connectivity index (χ4v) is 2.10. The number of nitrogens with two attached hydrogens (primary N) is 1. The van der Waals surface area contributed by atoms with Crippen molar-refractivity contribution in [1.82, 2.24) is 0 Å². The number of hydrogen-bond acceptors (Lipinski definition) is 4. The molecule has 0 amide bonds. The van der Waals surface area contributed by atoms with Crippen molar-refractivity contribution in [3.8, 4) is 11.5 Å². The molecule has 102 valence electrons. The summed E-state index contributed by atoms with van der Waals surface area (Å²) in [5.41, 5.74) is 7.18. The van der Waals surface area contributed by atoms with E-state index in [-0.39, 0.29) is 18.6 Å². The molecule has 18 heavy (non-hydrogen) atoms. The maximum Gasteiger partial charge on any atom is 0.122 e. The minimum Gasteiger partial charge on any atom is -0.497 e. The summed E-state index contributed by atoms with van der Waals surface area (Å²) in [6.45, 7) is 2.17. The standard InChI is InChI=1S/C14H23NO3/c1-4-14(15)13(5-6-16)10-7-11(17-2)9-12(8-10)18-3/h7-9,13-14,16H,4-6,15H2,1-3H3. The van der Waals surface area contributed by atoms with Crippen LogP contribution in [0.25, 0.3) is 0 Å². The van der Waals surface area contributed by atoms with E-state index in [4.69, 9.17) is 15.2 Å². The second-order valence-electron chi connectivity index (χ2n) is 4.34. The first kappa shape index (κ1) is 14.8. The van der Waals surface area contributed by atoms with Crippen LogP contribution in [0.15, 0.2) is 18.2 Å². The van der Waals surface area contributed by atoms with Crippen LogP contribution in [0, 0.1) is 0 Å². The molecule has 2 atom stereocenters. The lowest BCUT2D eigenvalue weighted by atomic mass is 9.87. The lowest BCUT2D eigenvalue weighted by Gasteiger charge is -2.23. The van der Waals surface area contributed by atoms with Gasteiger partial charge in [0.2, 0.25) is 0 Å². The van der Waals surface area contributed by atoms with E-state index < -0.39 is 0 Å². The van der Waals surface area contributed by atoms with E-state index in [9.17, 15) is 5.11 Å². The van der Waals surface area contributed by atoms with Crippen molar-refractivity contribution in [3.63, 3.8) is 0 Å². The minimum atomic E-state index is 0.0222. The van der Waals surface area contributed by atoms with E-state index in [1.54, 1.807) is 14.2 Å². The average Bonchev–Trinajstić information content (AvgIpc) is 2.43. The Hall–Kier alpha value is -1.26. The molecule has 1 rings (SSSR count). The van der Waals surface area contributed by atoms with Crippen LogP contribution in [0.4, 0.5) is 0 Å². The molecule has 4 nitrogen and oxygen atoms in total. The largest absolute Gasteiger partial charge is 0.497 e. The summed E-state index contributed by atoms with van der Waals surface area (Å²) in [6, 6.07) is 5.77. The number of aliphatic hydroxyl groups excluding tert-OH is 1. The summed E-state index contributed by atoms with van der Waals surface area (Å²) in [5.74, 6) is 1.61. The summed E-state index contributed by atoms with van der Waals surface area (Å²) in [7, 11) is 3.25. The fraction of sp³-hybridized carbons (Fsp3) is 0.571. The zero-order chi connectivity index (χ0) is 13.5. The number of methoxy groups -OCH3 is 2. The van der Waals surface area contributed by atoms with Gasteiger partial charge in [-0.1, -0.05) is 6.92 Å². The van der Waals surface area contributed by atoms with Crippen LogP contribution < -0.4 is 15.2 Å². The van der Waals surface area contributed by atoms with Crippen molar-refractivity contribution in [1.29, 1.82) is 0 Å². The highest BCUT2D eigenvalue weighted by molar-refractivity contribution is 5.40. The van der Waals surface area contributed by atoms with Crippen LogP contribution in [0.5, 0.6) is 11.5 Å². The molecule has 4 heteroatoms. The zero-order valence-corrected chi connectivity index (χ0v) is 11.3. The van der Waals surface area contributed by atoms with Gasteiger partial charge in [-0.3, -0.25) is 0 Å². The van der Waals surface area contributed by atoms with Crippen molar-refractivity contribution in [2.24, 2.45) is 5.73 Å². The fourth-order valence-electron chi connectivity index (χ4n) is 2.10. The van der Waals surface area contributed by atoms with E-state index in [2.05, 4.69) is 0 Å². The van der Waals surface area contributed by atoms with E-state index in [0.29, 0.717) is 6.42 Å². The number of hydrogen-bond donors (Lipinski definition) is 2. The molecule has 2 unspecified atom stereocenters. The molecule has 0 fully saturated rings. The van der Waals surface area contributed by atoms with Crippen molar-refractivity contribution in [2.75, 3.05) is 20.8 Å². The van der Waals surface area contributed by atoms with Crippen molar-refractivity contribution in [3.05, 3.63) is 23.8 Å². The molecule has 0 saturated heterocycles. The first-order valence-corrected chi connectivity index (χ1v) is 6.25. The van der Waals surface area contributed by atoms with Crippen molar-refractivity contribution < 1.29 is 14.6 Å². The Balaban J connectivity index is 3.09. The zero-order valence-electron chi connectivity index (χ0n) is 11.3. The molecular formula is C14H23NO3. The van der Waals surface area contributed by atoms with Crippen molar-refractivity contribution in [2.45, 2.75) is 31.7 Å². The maximum absolute atomic E-state index is 9.18. The van der Waals surface area contributed by atoms with Gasteiger partial charge in [-0.2, -0.15) is 0 Å². The Labute approximate surface area is 109 Å². The van der Waals surface area contributed by atoms with E-state index >= 15 is 0 Å². The van der Waals surface area contributed by atoms with Crippen molar-refractivity contribution >= 4 is 0 Å². The molecule has 0 radical (unpaired) electrons. The van der Waals surface area contributed by atoms with E-state index in [1.807, 2.05) is 25.1 Å². The summed E-state index contributed by atoms with van der Waals surface area (Å²) in [6.07, 6.45) is 1.51. The topological polar surface area (TPSA) is 64.7 Å². The highest BCUT2D eigenvalue weighted by Gasteiger charge is 2.19. The normalized spacial score (nSPS) is 14.1. The third-order valence-corrected chi connectivity index (χ3v) is 3.23. The third kappa shape index (κ3) is 3.62. The van der Waals surface area contributed by atoms with Gasteiger partial charge in [-0.05, 0) is 30.5 Å². The van der Waals surface area contributed by atoms with Crippen LogP contribution in [0.1, 0.15) is 31.2 Å². The summed E-state index contributed by atoms with van der Waals surface area (Å²) >= 11 is 0. The van der Waals surface area contributed by atoms with Gasteiger partial charge in [0.05, 0.1) is 14.2 Å². The molecule has 0 aromatic heterocycles. The van der Waals surface area contributed by atoms with E-state index in [1.165, 1.54) is 0 Å². The predicted octanol–water partition coefficient (Wildman–Crippen LogP) is 1.91. The quantitative estimate of drug-likeness (QED) is 0.779. The first-order chi connectivity index (χ1) is 8.65. The molecule has 0 heterocycles. The minimum absolute atomic E-state index is 0.0222. The molecular weight excluding hydrogens is 230 g/mol. The molecule has 1 aromatic carbocycles. The molecule has 0 aliphatic carbocycles. The molecule has 0 aliphatic heterocycles. The van der Waals surface area contributed by atoms with Crippen LogP contribution >= 0.6 is 0 Å². The average molecular weight is 253 g/mol. The van der Waals surface area contributed by atoms with E-state index in [0.717, 1.165) is 23.5 Å². The Bertz CT molecular complexity index is 346. The summed E-state index contributed by atoms with van der Waals surface area (Å²) < 4.78 is 10.5. The summed E-state index contributed by atoms with van der Waals surface area (Å²) in [4.78, 5) is 0. The van der Waals surface area contributed by atoms with Crippen LogP contribution in [0.3, 0.4) is 0 Å². The lowest BCUT2D eigenvalue weighted by molar-refractivity contribution is 0.265. The second kappa shape index (κ2) is 7.24. The van der Waals surface area contributed by atoms with Gasteiger partial charge in [0.1, 0.15) is 11.5 Å². The first-order valence-electron chi connectivity index (χ1n) is 6.25. The molecule has 0 spiro atoms. The van der Waals surface area contributed by atoms with Gasteiger partial charge in [0, 0.05) is 24.6 Å². The maximum atomic E-state index is 9.18. The summed E-state index contributed by atoms with van der Waals surface area (Å²) in [5, 5.41) is 9.18. The molecule has 3 N–H and O–H groups in total. The van der Waals surface area contributed by atoms with Gasteiger partial charge in [0.25, 0.3) is 0 Å². The van der Waals surface area contributed by atoms with Crippen LogP contribution in [0.2, 0.25) is 0 Å². The lowest BCUT2D eigenvalue weighted by Crippen LogP contribution is -2.28. The Morgan fingerprint density at radius 3 is 2.11 bits per heavy atom. The monoisotopic (exact) mass is 253 g/mol. The molecule has 0 aliphatic rings. The highest BCUT2D eigenvalue weighted by atomic mass is 16.5. The van der Waals surface area contributed by atoms with Gasteiger partial charge in [-0.25, -0.2) is 0 Å². The van der Waals surface area contributed by atoms with Crippen LogP contribution in [-0.2, 0) is 0 Å². The molecule has 0 bridgehead atoms. The Kier molecular flexibility index (Phi) is 5.95. The SMILES string of the molecule is CCC(N)C(CCO)c1cc(OC)cc(OC)c1. The number of ether oxygens (including phenoxy) is 2. The van der Waals surface area contributed by atoms with Gasteiger partial charge < -0.3 is 20.3 Å². The smallest absolute Gasteiger partial charge is 0.122 e. The van der Waals surface area contributed by atoms with Gasteiger partial charge >= 0.3 is 0 Å². The second-order valence-corrected chi connectivity index (χ2v) is 4.34. The molecule has 0 saturated carbocycles. The molecule has 1 aromatic rings. The highest BCUT2D eigenvalue weighted by Crippen LogP contribution is 2.31. The Morgan fingerprint density at radius 1 is 1.17 bits per heavy atom. The third-order valence-electron chi connectivity index (χ3n) is 3.23. The van der Waals surface area contributed by atoms with Gasteiger partial charge in [0.15, 0.2) is 0 Å². The van der Waals surface area contributed by atoms with Gasteiger partial charge in [-0.15, -0.1) is 0 Å².